The number of imidazole rings is 1. The topological polar surface area (TPSA) is 42.7 Å². The summed E-state index contributed by atoms with van der Waals surface area (Å²) >= 11 is 0. The number of nitrogens with one attached hydrogen (secondary N) is 1. The highest BCUT2D eigenvalue weighted by atomic mass is 19.1. The molecule has 0 radical (unpaired) electrons. The molecule has 0 aliphatic carbocycles. The van der Waals surface area contributed by atoms with Crippen LogP contribution in [0.3, 0.4) is 0 Å². The molecular weight excluding hydrogens is 207 g/mol. The molecule has 0 spiro atoms. The fourth-order valence-electron chi connectivity index (χ4n) is 1.49. The summed E-state index contributed by atoms with van der Waals surface area (Å²) in [5.74, 6) is 0.481. The van der Waals surface area contributed by atoms with Crippen LogP contribution in [-0.2, 0) is 0 Å². The molecule has 2 aromatic rings. The van der Waals surface area contributed by atoms with E-state index in [4.69, 9.17) is 0 Å². The number of rotatable bonds is 3. The monoisotopic (exact) mass is 220 g/mol. The van der Waals surface area contributed by atoms with E-state index in [1.54, 1.807) is 6.20 Å². The highest BCUT2D eigenvalue weighted by Crippen LogP contribution is 2.17. The molecule has 0 atom stereocenters. The number of hydrogen-bond donors (Lipinski definition) is 1. The fourth-order valence-corrected chi connectivity index (χ4v) is 1.49. The molecule has 84 valence electrons. The van der Waals surface area contributed by atoms with Crippen LogP contribution in [-0.4, -0.2) is 21.2 Å². The number of nitrogens with zero attached hydrogens (tertiary/aromatic N) is 3. The van der Waals surface area contributed by atoms with Crippen LogP contribution in [0.2, 0.25) is 0 Å². The van der Waals surface area contributed by atoms with Crippen LogP contribution < -0.4 is 5.43 Å². The average molecular weight is 220 g/mol. The number of aryl methyl sites for hydroxylation is 1. The zero-order valence-electron chi connectivity index (χ0n) is 9.24. The van der Waals surface area contributed by atoms with Crippen LogP contribution >= 0.6 is 0 Å². The van der Waals surface area contributed by atoms with Gasteiger partial charge in [-0.3, -0.25) is 9.66 Å². The van der Waals surface area contributed by atoms with Gasteiger partial charge in [0.25, 0.3) is 0 Å². The minimum absolute atomic E-state index is 0.354. The van der Waals surface area contributed by atoms with Crippen molar-refractivity contribution in [1.29, 1.82) is 0 Å². The van der Waals surface area contributed by atoms with Gasteiger partial charge in [0, 0.05) is 18.3 Å². The lowest BCUT2D eigenvalue weighted by molar-refractivity contribution is 0.622. The Morgan fingerprint density at radius 3 is 2.94 bits per heavy atom. The summed E-state index contributed by atoms with van der Waals surface area (Å²) in [6.45, 7) is 4.69. The minimum atomic E-state index is -0.354. The Labute approximate surface area is 93.1 Å². The van der Waals surface area contributed by atoms with Crippen molar-refractivity contribution >= 4 is 0 Å². The maximum atomic E-state index is 13.0. The molecular formula is C11H13FN4. The Morgan fingerprint density at radius 2 is 2.25 bits per heavy atom. The number of aromatic nitrogens is 3. The van der Waals surface area contributed by atoms with Gasteiger partial charge in [-0.1, -0.05) is 0 Å². The van der Waals surface area contributed by atoms with Crippen molar-refractivity contribution < 1.29 is 4.39 Å². The van der Waals surface area contributed by atoms with Gasteiger partial charge in [0.1, 0.15) is 11.6 Å². The van der Waals surface area contributed by atoms with E-state index in [-0.39, 0.29) is 5.82 Å². The Balaban J connectivity index is 2.37. The van der Waals surface area contributed by atoms with E-state index in [0.29, 0.717) is 11.3 Å². The maximum Gasteiger partial charge on any atom is 0.142 e. The SMILES string of the molecule is CCNn1cc(-c2cncc(F)c2)nc1C. The molecule has 4 nitrogen and oxygen atoms in total. The van der Waals surface area contributed by atoms with Crippen molar-refractivity contribution in [2.45, 2.75) is 13.8 Å². The van der Waals surface area contributed by atoms with Crippen molar-refractivity contribution in [3.05, 3.63) is 36.3 Å². The normalized spacial score (nSPS) is 10.4. The summed E-state index contributed by atoms with van der Waals surface area (Å²) in [5, 5.41) is 0. The summed E-state index contributed by atoms with van der Waals surface area (Å²) in [6, 6.07) is 1.42. The molecule has 2 rings (SSSR count). The molecule has 1 N–H and O–H groups in total. The van der Waals surface area contributed by atoms with Gasteiger partial charge in [-0.2, -0.15) is 0 Å². The van der Waals surface area contributed by atoms with E-state index in [2.05, 4.69) is 15.4 Å². The van der Waals surface area contributed by atoms with Crippen LogP contribution in [0.5, 0.6) is 0 Å². The summed E-state index contributed by atoms with van der Waals surface area (Å²) < 4.78 is 14.8. The van der Waals surface area contributed by atoms with Crippen LogP contribution in [0.4, 0.5) is 4.39 Å². The van der Waals surface area contributed by atoms with E-state index in [1.807, 2.05) is 24.7 Å². The van der Waals surface area contributed by atoms with Gasteiger partial charge in [0.15, 0.2) is 0 Å². The summed E-state index contributed by atoms with van der Waals surface area (Å²) in [7, 11) is 0. The third kappa shape index (κ3) is 2.03. The van der Waals surface area contributed by atoms with Crippen molar-refractivity contribution in [2.24, 2.45) is 0 Å². The quantitative estimate of drug-likeness (QED) is 0.859. The third-order valence-corrected chi connectivity index (χ3v) is 2.21. The lowest BCUT2D eigenvalue weighted by Gasteiger charge is -2.03. The Bertz CT molecular complexity index is 492. The second kappa shape index (κ2) is 4.30. The zero-order valence-corrected chi connectivity index (χ0v) is 9.24. The van der Waals surface area contributed by atoms with Crippen LogP contribution in [0.15, 0.2) is 24.7 Å². The minimum Gasteiger partial charge on any atom is -0.325 e. The van der Waals surface area contributed by atoms with Gasteiger partial charge in [0.2, 0.25) is 0 Å². The van der Waals surface area contributed by atoms with Crippen LogP contribution in [0, 0.1) is 12.7 Å². The lowest BCUT2D eigenvalue weighted by Crippen LogP contribution is -2.13. The number of pyridine rings is 1. The predicted molar refractivity (Wildman–Crippen MR) is 60.1 cm³/mol. The highest BCUT2D eigenvalue weighted by molar-refractivity contribution is 5.57. The van der Waals surface area contributed by atoms with E-state index >= 15 is 0 Å². The molecule has 0 unspecified atom stereocenters. The second-order valence-corrected chi connectivity index (χ2v) is 3.45. The molecule has 0 fully saturated rings. The van der Waals surface area contributed by atoms with Crippen LogP contribution in [0.1, 0.15) is 12.7 Å². The average Bonchev–Trinajstić information content (AvgIpc) is 2.61. The lowest BCUT2D eigenvalue weighted by atomic mass is 10.2. The van der Waals surface area contributed by atoms with Crippen molar-refractivity contribution in [3.8, 4) is 11.3 Å². The zero-order chi connectivity index (χ0) is 11.5. The molecule has 16 heavy (non-hydrogen) atoms. The fraction of sp³-hybridized carbons (Fsp3) is 0.273. The Hall–Kier alpha value is -1.91. The Kier molecular flexibility index (Phi) is 2.85. The first-order valence-corrected chi connectivity index (χ1v) is 5.11. The molecule has 0 aromatic carbocycles. The molecule has 0 aliphatic rings. The van der Waals surface area contributed by atoms with Crippen molar-refractivity contribution in [1.82, 2.24) is 14.6 Å². The predicted octanol–water partition coefficient (Wildman–Crippen LogP) is 1.96. The summed E-state index contributed by atoms with van der Waals surface area (Å²) in [4.78, 5) is 8.14. The first-order valence-electron chi connectivity index (χ1n) is 5.11. The Morgan fingerprint density at radius 1 is 1.44 bits per heavy atom. The van der Waals surface area contributed by atoms with Gasteiger partial charge in [-0.05, 0) is 19.9 Å². The first-order chi connectivity index (χ1) is 7.70. The third-order valence-electron chi connectivity index (χ3n) is 2.21. The molecule has 5 heteroatoms. The van der Waals surface area contributed by atoms with E-state index < -0.39 is 0 Å². The van der Waals surface area contributed by atoms with Gasteiger partial charge in [-0.15, -0.1) is 0 Å². The second-order valence-electron chi connectivity index (χ2n) is 3.45. The van der Waals surface area contributed by atoms with Gasteiger partial charge in [0.05, 0.1) is 18.1 Å². The smallest absolute Gasteiger partial charge is 0.142 e. The molecule has 2 aromatic heterocycles. The van der Waals surface area contributed by atoms with Gasteiger partial charge < -0.3 is 5.43 Å². The molecule has 2 heterocycles. The molecule has 0 bridgehead atoms. The maximum absolute atomic E-state index is 13.0. The standard InChI is InChI=1S/C11H13FN4/c1-3-14-16-7-11(15-8(16)2)9-4-10(12)6-13-5-9/h4-7,14H,3H2,1-2H3. The number of halogens is 1. The van der Waals surface area contributed by atoms with Gasteiger partial charge in [-0.25, -0.2) is 9.37 Å². The number of hydrogen-bond acceptors (Lipinski definition) is 3. The van der Waals surface area contributed by atoms with Crippen LogP contribution in [0.25, 0.3) is 11.3 Å². The summed E-state index contributed by atoms with van der Waals surface area (Å²) in [5.41, 5.74) is 4.51. The van der Waals surface area contributed by atoms with E-state index in [1.165, 1.54) is 12.3 Å². The molecule has 0 aliphatic heterocycles. The summed E-state index contributed by atoms with van der Waals surface area (Å²) in [6.07, 6.45) is 4.61. The highest BCUT2D eigenvalue weighted by Gasteiger charge is 2.06. The first kappa shape index (κ1) is 10.6. The molecule has 0 amide bonds. The van der Waals surface area contributed by atoms with Crippen molar-refractivity contribution in [3.63, 3.8) is 0 Å². The van der Waals surface area contributed by atoms with Gasteiger partial charge >= 0.3 is 0 Å². The molecule has 0 saturated heterocycles. The van der Waals surface area contributed by atoms with Crippen molar-refractivity contribution in [2.75, 3.05) is 12.0 Å². The molecule has 0 saturated carbocycles. The van der Waals surface area contributed by atoms with E-state index in [0.717, 1.165) is 12.4 Å². The van der Waals surface area contributed by atoms with E-state index in [9.17, 15) is 4.39 Å². The largest absolute Gasteiger partial charge is 0.325 e.